The SMILES string of the molecule is C=CCNC(=O)C(CCSC)NC(=O)c1ccc(Cl)cc1Cl. The lowest BCUT2D eigenvalue weighted by molar-refractivity contribution is -0.122. The molecular formula is C15H18Cl2N2O2S. The van der Waals surface area contributed by atoms with Crippen molar-refractivity contribution in [3.05, 3.63) is 46.5 Å². The molecule has 0 aliphatic carbocycles. The molecule has 0 aliphatic rings. The highest BCUT2D eigenvalue weighted by atomic mass is 35.5. The molecule has 0 fully saturated rings. The topological polar surface area (TPSA) is 58.2 Å². The number of benzene rings is 1. The molecule has 1 atom stereocenters. The Hall–Kier alpha value is -1.17. The monoisotopic (exact) mass is 360 g/mol. The molecule has 22 heavy (non-hydrogen) atoms. The number of rotatable bonds is 8. The van der Waals surface area contributed by atoms with Gasteiger partial charge < -0.3 is 10.6 Å². The van der Waals surface area contributed by atoms with Gasteiger partial charge in [0.15, 0.2) is 0 Å². The number of thioether (sulfide) groups is 1. The third-order valence-corrected chi connectivity index (χ3v) is 4.02. The molecule has 0 heterocycles. The van der Waals surface area contributed by atoms with Crippen LogP contribution in [-0.4, -0.2) is 36.4 Å². The lowest BCUT2D eigenvalue weighted by Crippen LogP contribution is -2.47. The Bertz CT molecular complexity index is 552. The molecule has 7 heteroatoms. The van der Waals surface area contributed by atoms with Gasteiger partial charge in [0, 0.05) is 11.6 Å². The first-order chi connectivity index (χ1) is 10.5. The zero-order valence-electron chi connectivity index (χ0n) is 12.2. The molecule has 4 nitrogen and oxygen atoms in total. The number of hydrogen-bond donors (Lipinski definition) is 2. The van der Waals surface area contributed by atoms with E-state index in [1.165, 1.54) is 12.1 Å². The minimum Gasteiger partial charge on any atom is -0.351 e. The summed E-state index contributed by atoms with van der Waals surface area (Å²) in [6.07, 6.45) is 4.05. The van der Waals surface area contributed by atoms with Crippen molar-refractivity contribution in [1.82, 2.24) is 10.6 Å². The van der Waals surface area contributed by atoms with Crippen LogP contribution in [0, 0.1) is 0 Å². The summed E-state index contributed by atoms with van der Waals surface area (Å²) in [7, 11) is 0. The van der Waals surface area contributed by atoms with E-state index in [1.807, 2.05) is 6.26 Å². The zero-order chi connectivity index (χ0) is 16.5. The Labute approximate surface area is 144 Å². The van der Waals surface area contributed by atoms with Gasteiger partial charge in [-0.15, -0.1) is 6.58 Å². The van der Waals surface area contributed by atoms with E-state index in [1.54, 1.807) is 23.9 Å². The normalized spacial score (nSPS) is 11.6. The van der Waals surface area contributed by atoms with Crippen LogP contribution in [0.4, 0.5) is 0 Å². The van der Waals surface area contributed by atoms with Crippen molar-refractivity contribution >= 4 is 46.8 Å². The van der Waals surface area contributed by atoms with Crippen LogP contribution in [0.3, 0.4) is 0 Å². The molecule has 0 aromatic heterocycles. The van der Waals surface area contributed by atoms with Gasteiger partial charge >= 0.3 is 0 Å². The van der Waals surface area contributed by atoms with Gasteiger partial charge in [0.1, 0.15) is 6.04 Å². The van der Waals surface area contributed by atoms with Gasteiger partial charge in [0.05, 0.1) is 10.6 Å². The molecule has 2 amide bonds. The first-order valence-corrected chi connectivity index (χ1v) is 8.78. The minimum atomic E-state index is -0.619. The first-order valence-electron chi connectivity index (χ1n) is 6.63. The van der Waals surface area contributed by atoms with Gasteiger partial charge in [0.25, 0.3) is 5.91 Å². The maximum absolute atomic E-state index is 12.3. The van der Waals surface area contributed by atoms with Crippen LogP contribution in [-0.2, 0) is 4.79 Å². The average Bonchev–Trinajstić information content (AvgIpc) is 2.48. The van der Waals surface area contributed by atoms with Crippen molar-refractivity contribution < 1.29 is 9.59 Å². The Balaban J connectivity index is 2.80. The van der Waals surface area contributed by atoms with Crippen LogP contribution in [0.1, 0.15) is 16.8 Å². The second-order valence-corrected chi connectivity index (χ2v) is 6.29. The molecule has 0 aliphatic heterocycles. The number of halogens is 2. The molecule has 120 valence electrons. The smallest absolute Gasteiger partial charge is 0.253 e. The maximum atomic E-state index is 12.3. The highest BCUT2D eigenvalue weighted by Gasteiger charge is 2.21. The predicted octanol–water partition coefficient (Wildman–Crippen LogP) is 3.15. The number of amides is 2. The molecular weight excluding hydrogens is 343 g/mol. The fraction of sp³-hybridized carbons (Fsp3) is 0.333. The Kier molecular flexibility index (Phi) is 8.38. The fourth-order valence-electron chi connectivity index (χ4n) is 1.71. The van der Waals surface area contributed by atoms with Crippen molar-refractivity contribution in [3.63, 3.8) is 0 Å². The minimum absolute atomic E-state index is 0.243. The zero-order valence-corrected chi connectivity index (χ0v) is 14.5. The van der Waals surface area contributed by atoms with Crippen molar-refractivity contribution in [2.75, 3.05) is 18.6 Å². The molecule has 0 saturated heterocycles. The van der Waals surface area contributed by atoms with E-state index in [0.29, 0.717) is 18.0 Å². The molecule has 1 unspecified atom stereocenters. The van der Waals surface area contributed by atoms with E-state index in [0.717, 1.165) is 5.75 Å². The van der Waals surface area contributed by atoms with Gasteiger partial charge in [-0.05, 0) is 36.6 Å². The lowest BCUT2D eigenvalue weighted by Gasteiger charge is -2.18. The standard InChI is InChI=1S/C15H18Cl2N2O2S/c1-3-7-18-15(21)13(6-8-22-2)19-14(20)11-5-4-10(16)9-12(11)17/h3-5,9,13H,1,6-8H2,2H3,(H,18,21)(H,19,20). The van der Waals surface area contributed by atoms with Crippen LogP contribution in [0.5, 0.6) is 0 Å². The summed E-state index contributed by atoms with van der Waals surface area (Å²) in [6.45, 7) is 3.90. The summed E-state index contributed by atoms with van der Waals surface area (Å²) < 4.78 is 0. The quantitative estimate of drug-likeness (QED) is 0.700. The van der Waals surface area contributed by atoms with Gasteiger partial charge in [0.2, 0.25) is 5.91 Å². The Morgan fingerprint density at radius 1 is 1.41 bits per heavy atom. The molecule has 0 radical (unpaired) electrons. The highest BCUT2D eigenvalue weighted by molar-refractivity contribution is 7.98. The summed E-state index contributed by atoms with van der Waals surface area (Å²) in [6, 6.07) is 3.99. The number of nitrogens with one attached hydrogen (secondary N) is 2. The molecule has 0 saturated carbocycles. The lowest BCUT2D eigenvalue weighted by atomic mass is 10.1. The summed E-state index contributed by atoms with van der Waals surface area (Å²) in [4.78, 5) is 24.4. The van der Waals surface area contributed by atoms with E-state index in [4.69, 9.17) is 23.2 Å². The Morgan fingerprint density at radius 3 is 2.73 bits per heavy atom. The van der Waals surface area contributed by atoms with Crippen LogP contribution >= 0.6 is 35.0 Å². The van der Waals surface area contributed by atoms with Gasteiger partial charge in [-0.3, -0.25) is 9.59 Å². The highest BCUT2D eigenvalue weighted by Crippen LogP contribution is 2.21. The molecule has 0 bridgehead atoms. The molecule has 1 aromatic rings. The van der Waals surface area contributed by atoms with Crippen molar-refractivity contribution in [2.45, 2.75) is 12.5 Å². The van der Waals surface area contributed by atoms with E-state index >= 15 is 0 Å². The van der Waals surface area contributed by atoms with E-state index in [-0.39, 0.29) is 16.5 Å². The third kappa shape index (κ3) is 5.91. The van der Waals surface area contributed by atoms with Crippen molar-refractivity contribution in [3.8, 4) is 0 Å². The van der Waals surface area contributed by atoms with Gasteiger partial charge in [-0.1, -0.05) is 29.3 Å². The van der Waals surface area contributed by atoms with Crippen LogP contribution < -0.4 is 10.6 Å². The van der Waals surface area contributed by atoms with E-state index < -0.39 is 11.9 Å². The fourth-order valence-corrected chi connectivity index (χ4v) is 2.68. The van der Waals surface area contributed by atoms with Crippen LogP contribution in [0.2, 0.25) is 10.0 Å². The summed E-state index contributed by atoms with van der Waals surface area (Å²) in [5, 5.41) is 6.10. The summed E-state index contributed by atoms with van der Waals surface area (Å²) in [5.41, 5.74) is 0.289. The molecule has 2 N–H and O–H groups in total. The molecule has 1 aromatic carbocycles. The van der Waals surface area contributed by atoms with Gasteiger partial charge in [-0.25, -0.2) is 0 Å². The first kappa shape index (κ1) is 18.9. The molecule has 1 rings (SSSR count). The second kappa shape index (κ2) is 9.77. The number of carbonyl (C=O) groups is 2. The van der Waals surface area contributed by atoms with Crippen molar-refractivity contribution in [1.29, 1.82) is 0 Å². The number of hydrogen-bond acceptors (Lipinski definition) is 3. The summed E-state index contributed by atoms with van der Waals surface area (Å²) in [5.74, 6) is 0.106. The van der Waals surface area contributed by atoms with Crippen molar-refractivity contribution in [2.24, 2.45) is 0 Å². The number of carbonyl (C=O) groups excluding carboxylic acids is 2. The molecule has 0 spiro atoms. The van der Waals surface area contributed by atoms with E-state index in [9.17, 15) is 9.59 Å². The van der Waals surface area contributed by atoms with Gasteiger partial charge in [-0.2, -0.15) is 11.8 Å². The largest absolute Gasteiger partial charge is 0.351 e. The van der Waals surface area contributed by atoms with E-state index in [2.05, 4.69) is 17.2 Å². The average molecular weight is 361 g/mol. The summed E-state index contributed by atoms with van der Waals surface area (Å²) >= 11 is 13.4. The maximum Gasteiger partial charge on any atom is 0.253 e. The van der Waals surface area contributed by atoms with Crippen LogP contribution in [0.15, 0.2) is 30.9 Å². The second-order valence-electron chi connectivity index (χ2n) is 4.47. The Morgan fingerprint density at radius 2 is 2.14 bits per heavy atom. The third-order valence-electron chi connectivity index (χ3n) is 2.83. The van der Waals surface area contributed by atoms with Crippen LogP contribution in [0.25, 0.3) is 0 Å². The predicted molar refractivity (Wildman–Crippen MR) is 93.9 cm³/mol.